The van der Waals surface area contributed by atoms with Gasteiger partial charge < -0.3 is 10.00 Å². The van der Waals surface area contributed by atoms with Gasteiger partial charge >= 0.3 is 13.6 Å². The lowest BCUT2D eigenvalue weighted by atomic mass is 10.0. The van der Waals surface area contributed by atoms with E-state index in [1.54, 1.807) is 30.3 Å². The summed E-state index contributed by atoms with van der Waals surface area (Å²) in [6.07, 6.45) is -1.31. The summed E-state index contributed by atoms with van der Waals surface area (Å²) >= 11 is 0. The molecule has 26 heavy (non-hydrogen) atoms. The van der Waals surface area contributed by atoms with Crippen LogP contribution in [0.15, 0.2) is 72.8 Å². The second kappa shape index (κ2) is 7.83. The van der Waals surface area contributed by atoms with E-state index in [1.807, 2.05) is 42.5 Å². The predicted octanol–water partition coefficient (Wildman–Crippen LogP) is 4.41. The molecule has 2 atom stereocenters. The number of benzene rings is 3. The normalized spacial score (nSPS) is 14.7. The van der Waals surface area contributed by atoms with E-state index in [2.05, 4.69) is 0 Å². The molecule has 0 radical (unpaired) electrons. The molecule has 0 bridgehead atoms. The topological polar surface area (TPSA) is 83.8 Å². The van der Waals surface area contributed by atoms with E-state index < -0.39 is 19.7 Å². The molecule has 0 aliphatic rings. The summed E-state index contributed by atoms with van der Waals surface area (Å²) < 4.78 is 17.6. The Balaban J connectivity index is 1.76. The standard InChI is InChI=1S/C20H19O5P/c21-20(22)19(17-8-2-1-3-9-17)25-26(23,24)14-13-16-11-6-10-15-7-4-5-12-18(15)16/h1-12,19H,13-14H2,(H,21,22)(H,23,24). The maximum Gasteiger partial charge on any atom is 0.338 e. The van der Waals surface area contributed by atoms with E-state index in [4.69, 9.17) is 4.52 Å². The fraction of sp³-hybridized carbons (Fsp3) is 0.150. The molecule has 3 aromatic carbocycles. The van der Waals surface area contributed by atoms with Gasteiger partial charge in [-0.1, -0.05) is 72.8 Å². The number of hydrogen-bond acceptors (Lipinski definition) is 3. The summed E-state index contributed by atoms with van der Waals surface area (Å²) in [6, 6.07) is 21.7. The van der Waals surface area contributed by atoms with Crippen LogP contribution in [0.5, 0.6) is 0 Å². The minimum atomic E-state index is -4.09. The van der Waals surface area contributed by atoms with Crippen molar-refractivity contribution in [2.45, 2.75) is 12.5 Å². The Labute approximate surface area is 151 Å². The van der Waals surface area contributed by atoms with Gasteiger partial charge in [-0.05, 0) is 28.3 Å². The molecule has 0 saturated carbocycles. The summed E-state index contributed by atoms with van der Waals surface area (Å²) in [5.41, 5.74) is 1.26. The molecule has 0 aromatic heterocycles. The van der Waals surface area contributed by atoms with Gasteiger partial charge in [0.2, 0.25) is 0 Å². The van der Waals surface area contributed by atoms with Crippen molar-refractivity contribution in [3.05, 3.63) is 83.9 Å². The highest BCUT2D eigenvalue weighted by Crippen LogP contribution is 2.47. The molecule has 0 heterocycles. The van der Waals surface area contributed by atoms with Crippen LogP contribution in [0.4, 0.5) is 0 Å². The van der Waals surface area contributed by atoms with E-state index in [9.17, 15) is 19.4 Å². The van der Waals surface area contributed by atoms with Gasteiger partial charge in [-0.25, -0.2) is 4.79 Å². The first-order valence-electron chi connectivity index (χ1n) is 8.21. The molecule has 3 rings (SSSR count). The smallest absolute Gasteiger partial charge is 0.338 e. The molecule has 0 aliphatic heterocycles. The number of aliphatic carboxylic acids is 1. The zero-order valence-electron chi connectivity index (χ0n) is 14.0. The van der Waals surface area contributed by atoms with Gasteiger partial charge in [0.1, 0.15) is 0 Å². The molecule has 0 aliphatic carbocycles. The van der Waals surface area contributed by atoms with Crippen LogP contribution in [0.2, 0.25) is 0 Å². The van der Waals surface area contributed by atoms with Crippen molar-refractivity contribution >= 4 is 24.3 Å². The van der Waals surface area contributed by atoms with Gasteiger partial charge in [0.15, 0.2) is 6.10 Å². The molecule has 0 spiro atoms. The molecule has 2 N–H and O–H groups in total. The Morgan fingerprint density at radius 3 is 2.35 bits per heavy atom. The van der Waals surface area contributed by atoms with E-state index in [-0.39, 0.29) is 6.16 Å². The molecule has 0 amide bonds. The SMILES string of the molecule is O=C(O)C(OP(=O)(O)CCc1cccc2ccccc12)c1ccccc1. The number of rotatable bonds is 7. The Bertz CT molecular complexity index is 949. The highest BCUT2D eigenvalue weighted by atomic mass is 31.2. The van der Waals surface area contributed by atoms with Crippen molar-refractivity contribution in [1.82, 2.24) is 0 Å². The third kappa shape index (κ3) is 4.38. The summed E-state index contributed by atoms with van der Waals surface area (Å²) in [4.78, 5) is 21.7. The maximum atomic E-state index is 12.5. The van der Waals surface area contributed by atoms with Crippen LogP contribution in [-0.2, 0) is 20.3 Å². The predicted molar refractivity (Wildman–Crippen MR) is 100 cm³/mol. The van der Waals surface area contributed by atoms with Crippen molar-refractivity contribution in [3.8, 4) is 0 Å². The van der Waals surface area contributed by atoms with E-state index in [0.29, 0.717) is 12.0 Å². The molecule has 3 aromatic rings. The van der Waals surface area contributed by atoms with Crippen LogP contribution in [0.25, 0.3) is 10.8 Å². The number of fused-ring (bicyclic) bond motifs is 1. The quantitative estimate of drug-likeness (QED) is 0.602. The van der Waals surface area contributed by atoms with Gasteiger partial charge in [0.05, 0.1) is 6.16 Å². The van der Waals surface area contributed by atoms with E-state index >= 15 is 0 Å². The number of aryl methyl sites for hydroxylation is 1. The number of hydrogen-bond donors (Lipinski definition) is 2. The van der Waals surface area contributed by atoms with E-state index in [1.165, 1.54) is 0 Å². The Morgan fingerprint density at radius 1 is 0.962 bits per heavy atom. The zero-order chi connectivity index (χ0) is 18.6. The third-order valence-corrected chi connectivity index (χ3v) is 5.47. The Morgan fingerprint density at radius 2 is 1.62 bits per heavy atom. The number of carbonyl (C=O) groups is 1. The van der Waals surface area contributed by atoms with Crippen LogP contribution < -0.4 is 0 Å². The molecular weight excluding hydrogens is 351 g/mol. The fourth-order valence-corrected chi connectivity index (χ4v) is 4.04. The molecule has 2 unspecified atom stereocenters. The summed E-state index contributed by atoms with van der Waals surface area (Å²) in [7, 11) is -4.09. The molecule has 6 heteroatoms. The highest BCUT2D eigenvalue weighted by molar-refractivity contribution is 7.52. The van der Waals surface area contributed by atoms with Crippen molar-refractivity contribution in [2.75, 3.05) is 6.16 Å². The van der Waals surface area contributed by atoms with Crippen molar-refractivity contribution in [2.24, 2.45) is 0 Å². The van der Waals surface area contributed by atoms with E-state index in [0.717, 1.165) is 16.3 Å². The minimum absolute atomic E-state index is 0.155. The largest absolute Gasteiger partial charge is 0.479 e. The first-order valence-corrected chi connectivity index (χ1v) is 9.97. The fourth-order valence-electron chi connectivity index (χ4n) is 2.87. The first kappa shape index (κ1) is 18.3. The van der Waals surface area contributed by atoms with Crippen LogP contribution in [0.1, 0.15) is 17.2 Å². The first-order chi connectivity index (χ1) is 12.5. The third-order valence-electron chi connectivity index (χ3n) is 4.14. The van der Waals surface area contributed by atoms with Crippen LogP contribution in [0.3, 0.4) is 0 Å². The van der Waals surface area contributed by atoms with Crippen LogP contribution in [-0.4, -0.2) is 22.1 Å². The van der Waals surface area contributed by atoms with Gasteiger partial charge in [0.25, 0.3) is 0 Å². The number of carboxylic acid groups (broad SMARTS) is 1. The van der Waals surface area contributed by atoms with Crippen molar-refractivity contribution < 1.29 is 23.9 Å². The van der Waals surface area contributed by atoms with Crippen LogP contribution >= 0.6 is 7.60 Å². The molecule has 134 valence electrons. The lowest BCUT2D eigenvalue weighted by Gasteiger charge is -2.19. The molecule has 0 saturated heterocycles. The Hall–Kier alpha value is -2.46. The zero-order valence-corrected chi connectivity index (χ0v) is 14.9. The lowest BCUT2D eigenvalue weighted by Crippen LogP contribution is -2.15. The van der Waals surface area contributed by atoms with Gasteiger partial charge in [-0.2, -0.15) is 0 Å². The molecule has 0 fully saturated rings. The minimum Gasteiger partial charge on any atom is -0.479 e. The molecule has 5 nitrogen and oxygen atoms in total. The monoisotopic (exact) mass is 370 g/mol. The summed E-state index contributed by atoms with van der Waals surface area (Å²) in [5.74, 6) is -1.30. The lowest BCUT2D eigenvalue weighted by molar-refractivity contribution is -0.145. The summed E-state index contributed by atoms with van der Waals surface area (Å²) in [6.45, 7) is 0. The van der Waals surface area contributed by atoms with Gasteiger partial charge in [0, 0.05) is 0 Å². The highest BCUT2D eigenvalue weighted by Gasteiger charge is 2.30. The van der Waals surface area contributed by atoms with Gasteiger partial charge in [-0.15, -0.1) is 0 Å². The Kier molecular flexibility index (Phi) is 5.52. The average Bonchev–Trinajstić information content (AvgIpc) is 2.65. The number of carboxylic acids is 1. The van der Waals surface area contributed by atoms with Crippen LogP contribution in [0, 0.1) is 0 Å². The maximum absolute atomic E-state index is 12.5. The van der Waals surface area contributed by atoms with Crippen molar-refractivity contribution in [1.29, 1.82) is 0 Å². The summed E-state index contributed by atoms with van der Waals surface area (Å²) in [5, 5.41) is 11.4. The van der Waals surface area contributed by atoms with Gasteiger partial charge in [-0.3, -0.25) is 9.09 Å². The average molecular weight is 370 g/mol. The second-order valence-electron chi connectivity index (χ2n) is 5.98. The molecular formula is C20H19O5P. The second-order valence-corrected chi connectivity index (χ2v) is 7.92. The van der Waals surface area contributed by atoms with Crippen molar-refractivity contribution in [3.63, 3.8) is 0 Å².